The summed E-state index contributed by atoms with van der Waals surface area (Å²) in [6, 6.07) is 38.2. The first-order valence-corrected chi connectivity index (χ1v) is 18.6. The van der Waals surface area contributed by atoms with Gasteiger partial charge in [-0.25, -0.2) is 0 Å². The van der Waals surface area contributed by atoms with Crippen LogP contribution in [0.15, 0.2) is 121 Å². The molecule has 0 heterocycles. The molecule has 51 heavy (non-hydrogen) atoms. The molecule has 0 unspecified atom stereocenters. The van der Waals surface area contributed by atoms with E-state index in [9.17, 15) is 26.3 Å². The van der Waals surface area contributed by atoms with E-state index in [-0.39, 0.29) is 11.5 Å². The third-order valence-corrected chi connectivity index (χ3v) is 10.6. The number of rotatable bonds is 8. The lowest BCUT2D eigenvalue weighted by molar-refractivity contribution is -0.275. The maximum absolute atomic E-state index is 12.7. The van der Waals surface area contributed by atoms with Crippen LogP contribution in [0.5, 0.6) is 11.5 Å². The van der Waals surface area contributed by atoms with Crippen molar-refractivity contribution in [1.82, 2.24) is 0 Å². The van der Waals surface area contributed by atoms with Crippen LogP contribution in [0, 0.1) is 17.6 Å². The summed E-state index contributed by atoms with van der Waals surface area (Å²) in [7, 11) is 0. The molecule has 6 aromatic rings. The number of ether oxygens (including phenoxy) is 2. The van der Waals surface area contributed by atoms with E-state index >= 15 is 0 Å². The highest BCUT2D eigenvalue weighted by molar-refractivity contribution is 14.1. The summed E-state index contributed by atoms with van der Waals surface area (Å²) in [5, 5.41) is 0. The highest BCUT2D eigenvalue weighted by Crippen LogP contribution is 2.38. The van der Waals surface area contributed by atoms with Crippen LogP contribution in [-0.4, -0.2) is 12.7 Å². The van der Waals surface area contributed by atoms with E-state index in [2.05, 4.69) is 58.0 Å². The van der Waals surface area contributed by atoms with Crippen LogP contribution in [0.25, 0.3) is 44.5 Å². The second-order valence-electron chi connectivity index (χ2n) is 11.7. The van der Waals surface area contributed by atoms with E-state index in [4.69, 9.17) is 0 Å². The Morgan fingerprint density at radius 3 is 1.08 bits per heavy atom. The van der Waals surface area contributed by atoms with Gasteiger partial charge < -0.3 is 9.47 Å². The molecule has 0 atom stereocenters. The van der Waals surface area contributed by atoms with Gasteiger partial charge >= 0.3 is 12.7 Å². The molecule has 2 nitrogen and oxygen atoms in total. The van der Waals surface area contributed by atoms with Crippen molar-refractivity contribution >= 4 is 67.8 Å². The van der Waals surface area contributed by atoms with Crippen molar-refractivity contribution < 1.29 is 35.8 Å². The van der Waals surface area contributed by atoms with Gasteiger partial charge in [0.05, 0.1) is 0 Å². The summed E-state index contributed by atoms with van der Waals surface area (Å²) in [5.41, 5.74) is 10.7. The molecular weight excluding hydrogens is 1010 g/mol. The fourth-order valence-corrected chi connectivity index (χ4v) is 9.19. The minimum Gasteiger partial charge on any atom is -0.406 e. The van der Waals surface area contributed by atoms with E-state index in [1.165, 1.54) is 24.3 Å². The average Bonchev–Trinajstić information content (AvgIpc) is 3.04. The normalized spacial score (nSPS) is 11.8. The van der Waals surface area contributed by atoms with Gasteiger partial charge in [-0.15, -0.1) is 26.3 Å². The number of hydrogen-bond acceptors (Lipinski definition) is 2. The zero-order valence-corrected chi connectivity index (χ0v) is 32.9. The average molecular weight is 1030 g/mol. The minimum absolute atomic E-state index is 0.230. The fourth-order valence-electron chi connectivity index (χ4n) is 5.81. The molecule has 0 fully saturated rings. The first-order chi connectivity index (χ1) is 24.1. The largest absolute Gasteiger partial charge is 0.573 e. The Hall–Kier alpha value is -3.31. The number of hydrogen-bond donors (Lipinski definition) is 0. The molecule has 0 N–H and O–H groups in total. The minimum atomic E-state index is -4.74. The van der Waals surface area contributed by atoms with Gasteiger partial charge in [-0.3, -0.25) is 0 Å². The van der Waals surface area contributed by atoms with Crippen LogP contribution in [-0.2, 0) is 6.42 Å². The summed E-state index contributed by atoms with van der Waals surface area (Å²) in [6.07, 6.45) is -8.72. The molecule has 0 aliphatic carbocycles. The Kier molecular flexibility index (Phi) is 11.3. The van der Waals surface area contributed by atoms with Gasteiger partial charge in [-0.1, -0.05) is 97.1 Å². The fraction of sp³-hybridized carbons (Fsp3) is 0.100. The van der Waals surface area contributed by atoms with Gasteiger partial charge in [0.1, 0.15) is 11.5 Å². The molecule has 6 aromatic carbocycles. The zero-order valence-electron chi connectivity index (χ0n) is 26.5. The third-order valence-electron chi connectivity index (χ3n) is 8.07. The summed E-state index contributed by atoms with van der Waals surface area (Å²) in [5.74, 6) is -0.468. The Bertz CT molecular complexity index is 1960. The second kappa shape index (κ2) is 15.3. The van der Waals surface area contributed by atoms with Gasteiger partial charge in [0, 0.05) is 16.3 Å². The highest BCUT2D eigenvalue weighted by Gasteiger charge is 2.32. The van der Waals surface area contributed by atoms with Crippen LogP contribution in [0.1, 0.15) is 16.7 Å². The van der Waals surface area contributed by atoms with Gasteiger partial charge in [0.15, 0.2) is 0 Å². The predicted octanol–water partition coefficient (Wildman–Crippen LogP) is 13.9. The molecule has 0 aliphatic heterocycles. The Labute approximate surface area is 331 Å². The van der Waals surface area contributed by atoms with Crippen molar-refractivity contribution in [2.45, 2.75) is 26.1 Å². The van der Waals surface area contributed by atoms with E-state index < -0.39 is 12.7 Å². The topological polar surface area (TPSA) is 18.5 Å². The van der Waals surface area contributed by atoms with E-state index in [1.54, 1.807) is 6.92 Å². The lowest BCUT2D eigenvalue weighted by Gasteiger charge is -2.14. The number of alkyl halides is 6. The van der Waals surface area contributed by atoms with Crippen LogP contribution >= 0.6 is 67.8 Å². The van der Waals surface area contributed by atoms with E-state index in [0.717, 1.165) is 62.1 Å². The quantitative estimate of drug-likeness (QED) is 0.112. The predicted molar refractivity (Wildman–Crippen MR) is 214 cm³/mol. The summed E-state index contributed by atoms with van der Waals surface area (Å²) >= 11 is 6.10. The molecule has 0 aromatic heterocycles. The molecular formula is C40H25F6I3O2. The lowest BCUT2D eigenvalue weighted by atomic mass is 9.96. The maximum atomic E-state index is 12.7. The van der Waals surface area contributed by atoms with Crippen molar-refractivity contribution in [2.24, 2.45) is 0 Å². The van der Waals surface area contributed by atoms with E-state index in [0.29, 0.717) is 16.3 Å². The third kappa shape index (κ3) is 9.57. The molecule has 0 spiro atoms. The van der Waals surface area contributed by atoms with Crippen molar-refractivity contribution in [2.75, 3.05) is 0 Å². The standard InChI is InChI=1S/C40H25F6I3O2/c1-23-18-32(50-39(41,42)43)20-34(47)37(23)30-14-10-28(11-15-30)26-6-2-24(3-7-26)19-25-4-8-27(9-5-25)29-12-16-31(17-13-29)38-35(48)21-33(22-36(38)49)51-40(44,45)46/h2-18,20-22H,19H2,1H3. The number of halogens is 9. The van der Waals surface area contributed by atoms with Gasteiger partial charge in [0.25, 0.3) is 0 Å². The first kappa shape index (κ1) is 37.4. The molecule has 0 bridgehead atoms. The second-order valence-corrected chi connectivity index (χ2v) is 15.2. The SMILES string of the molecule is Cc1cc(OC(F)(F)F)cc(I)c1-c1ccc(-c2ccc(Cc3ccc(-c4ccc(-c5c(I)cc(OC(F)(F)F)cc5I)cc4)cc3)cc2)cc1. The summed E-state index contributed by atoms with van der Waals surface area (Å²) in [6.45, 7) is 1.77. The molecule has 0 amide bonds. The smallest absolute Gasteiger partial charge is 0.406 e. The van der Waals surface area contributed by atoms with Crippen molar-refractivity contribution in [3.05, 3.63) is 149 Å². The Morgan fingerprint density at radius 1 is 0.431 bits per heavy atom. The van der Waals surface area contributed by atoms with E-state index in [1.807, 2.05) is 116 Å². The lowest BCUT2D eigenvalue weighted by Crippen LogP contribution is -2.17. The van der Waals surface area contributed by atoms with Crippen molar-refractivity contribution in [3.8, 4) is 56.0 Å². The van der Waals surface area contributed by atoms with Crippen molar-refractivity contribution in [3.63, 3.8) is 0 Å². The van der Waals surface area contributed by atoms with Crippen LogP contribution in [0.4, 0.5) is 26.3 Å². The monoisotopic (exact) mass is 1030 g/mol. The molecule has 0 saturated carbocycles. The number of aryl methyl sites for hydroxylation is 1. The van der Waals surface area contributed by atoms with Crippen LogP contribution in [0.3, 0.4) is 0 Å². The van der Waals surface area contributed by atoms with Crippen molar-refractivity contribution in [1.29, 1.82) is 0 Å². The van der Waals surface area contributed by atoms with Gasteiger partial charge in [0.2, 0.25) is 0 Å². The van der Waals surface area contributed by atoms with Gasteiger partial charge in [-0.2, -0.15) is 0 Å². The Morgan fingerprint density at radius 2 is 0.725 bits per heavy atom. The van der Waals surface area contributed by atoms with Crippen LogP contribution < -0.4 is 9.47 Å². The highest BCUT2D eigenvalue weighted by atomic mass is 127. The molecule has 0 aliphatic rings. The Balaban J connectivity index is 1.10. The maximum Gasteiger partial charge on any atom is 0.573 e. The molecule has 260 valence electrons. The van der Waals surface area contributed by atoms with Gasteiger partial charge in [-0.05, 0) is 161 Å². The summed E-state index contributed by atoms with van der Waals surface area (Å²) < 4.78 is 86.4. The molecule has 6 rings (SSSR count). The zero-order chi connectivity index (χ0) is 36.5. The molecule has 0 saturated heterocycles. The summed E-state index contributed by atoms with van der Waals surface area (Å²) in [4.78, 5) is 0. The molecule has 11 heteroatoms. The van der Waals surface area contributed by atoms with Crippen LogP contribution in [0.2, 0.25) is 0 Å². The number of benzene rings is 6. The molecule has 0 radical (unpaired) electrons. The first-order valence-electron chi connectivity index (χ1n) is 15.3.